The van der Waals surface area contributed by atoms with E-state index in [9.17, 15) is 4.79 Å². The molecule has 1 N–H and O–H groups in total. The van der Waals surface area contributed by atoms with Crippen LogP contribution in [0.2, 0.25) is 0 Å². The number of methoxy groups -OCH3 is 1. The van der Waals surface area contributed by atoms with Crippen molar-refractivity contribution in [3.63, 3.8) is 0 Å². The molecule has 2 heterocycles. The zero-order chi connectivity index (χ0) is 23.8. The molecular weight excluding hydrogens is 432 g/mol. The maximum atomic E-state index is 12.8. The first kappa shape index (κ1) is 24.2. The van der Waals surface area contributed by atoms with E-state index in [0.717, 1.165) is 48.1 Å². The number of nitrogens with zero attached hydrogens (tertiary/aromatic N) is 1. The Labute approximate surface area is 202 Å². The van der Waals surface area contributed by atoms with Crippen molar-refractivity contribution in [2.75, 3.05) is 40.0 Å². The Morgan fingerprint density at radius 1 is 1.09 bits per heavy atom. The Bertz CT molecular complexity index is 933. The minimum Gasteiger partial charge on any atom is -0.497 e. The van der Waals surface area contributed by atoms with Crippen LogP contribution < -0.4 is 24.3 Å². The summed E-state index contributed by atoms with van der Waals surface area (Å²) in [7, 11) is 1.63. The third-order valence-corrected chi connectivity index (χ3v) is 6.51. The first-order chi connectivity index (χ1) is 16.6. The van der Waals surface area contributed by atoms with E-state index in [4.69, 9.17) is 18.9 Å². The summed E-state index contributed by atoms with van der Waals surface area (Å²) in [6, 6.07) is 14.0. The molecule has 1 fully saturated rings. The van der Waals surface area contributed by atoms with E-state index in [1.54, 1.807) is 7.11 Å². The molecule has 1 saturated heterocycles. The maximum Gasteiger partial charge on any atom is 0.223 e. The van der Waals surface area contributed by atoms with E-state index < -0.39 is 0 Å². The molecule has 1 amide bonds. The number of fused-ring (bicyclic) bond motifs is 1. The smallest absolute Gasteiger partial charge is 0.223 e. The SMILES string of the molecule is COc1ccc(OCCC(=O)N[C@@H](Cc2ccc3c(c2)OCCO3)CN2CCCC[C@H]2C)cc1. The predicted octanol–water partition coefficient (Wildman–Crippen LogP) is 3.84. The maximum absolute atomic E-state index is 12.8. The summed E-state index contributed by atoms with van der Waals surface area (Å²) in [5.41, 5.74) is 1.13. The molecule has 0 aromatic heterocycles. The molecule has 34 heavy (non-hydrogen) atoms. The number of carbonyl (C=O) groups is 1. The van der Waals surface area contributed by atoms with Crippen LogP contribution in [0.5, 0.6) is 23.0 Å². The lowest BCUT2D eigenvalue weighted by Gasteiger charge is -2.36. The molecule has 0 aliphatic carbocycles. The van der Waals surface area contributed by atoms with E-state index >= 15 is 0 Å². The normalized spacial score (nSPS) is 18.7. The summed E-state index contributed by atoms with van der Waals surface area (Å²) in [4.78, 5) is 15.3. The van der Waals surface area contributed by atoms with Gasteiger partial charge in [0.1, 0.15) is 24.7 Å². The Morgan fingerprint density at radius 2 is 1.85 bits per heavy atom. The van der Waals surface area contributed by atoms with Crippen LogP contribution in [0.15, 0.2) is 42.5 Å². The summed E-state index contributed by atoms with van der Waals surface area (Å²) in [5, 5.41) is 3.27. The van der Waals surface area contributed by atoms with Gasteiger partial charge >= 0.3 is 0 Å². The predicted molar refractivity (Wildman–Crippen MR) is 131 cm³/mol. The highest BCUT2D eigenvalue weighted by Crippen LogP contribution is 2.31. The lowest BCUT2D eigenvalue weighted by Crippen LogP contribution is -2.49. The monoisotopic (exact) mass is 468 g/mol. The van der Waals surface area contributed by atoms with Gasteiger partial charge in [0.2, 0.25) is 5.91 Å². The second-order valence-electron chi connectivity index (χ2n) is 9.06. The van der Waals surface area contributed by atoms with Crippen LogP contribution >= 0.6 is 0 Å². The van der Waals surface area contributed by atoms with E-state index in [1.807, 2.05) is 36.4 Å². The van der Waals surface area contributed by atoms with E-state index in [2.05, 4.69) is 23.2 Å². The summed E-state index contributed by atoms with van der Waals surface area (Å²) < 4.78 is 22.3. The van der Waals surface area contributed by atoms with Gasteiger partial charge in [-0.05, 0) is 74.7 Å². The number of rotatable bonds is 10. The fourth-order valence-corrected chi connectivity index (χ4v) is 4.61. The lowest BCUT2D eigenvalue weighted by molar-refractivity contribution is -0.122. The second-order valence-corrected chi connectivity index (χ2v) is 9.06. The number of amides is 1. The van der Waals surface area contributed by atoms with Crippen molar-refractivity contribution in [3.05, 3.63) is 48.0 Å². The molecule has 4 rings (SSSR count). The van der Waals surface area contributed by atoms with Crippen molar-refractivity contribution in [1.82, 2.24) is 10.2 Å². The number of benzene rings is 2. The molecule has 0 unspecified atom stereocenters. The Balaban J connectivity index is 1.35. The summed E-state index contributed by atoms with van der Waals surface area (Å²) in [6.07, 6.45) is 4.74. The highest BCUT2D eigenvalue weighted by Gasteiger charge is 2.24. The average Bonchev–Trinajstić information content (AvgIpc) is 2.86. The Hall–Kier alpha value is -2.93. The molecule has 0 bridgehead atoms. The number of hydrogen-bond donors (Lipinski definition) is 1. The third kappa shape index (κ3) is 6.79. The molecule has 0 spiro atoms. The summed E-state index contributed by atoms with van der Waals surface area (Å²) in [6.45, 7) is 5.67. The summed E-state index contributed by atoms with van der Waals surface area (Å²) in [5.74, 6) is 3.08. The van der Waals surface area contributed by atoms with E-state index in [0.29, 0.717) is 32.3 Å². The molecule has 2 atom stereocenters. The first-order valence-corrected chi connectivity index (χ1v) is 12.3. The zero-order valence-electron chi connectivity index (χ0n) is 20.3. The van der Waals surface area contributed by atoms with Crippen molar-refractivity contribution in [2.45, 2.75) is 51.1 Å². The number of nitrogens with one attached hydrogen (secondary N) is 1. The van der Waals surface area contributed by atoms with Gasteiger partial charge in [0.05, 0.1) is 20.1 Å². The first-order valence-electron chi connectivity index (χ1n) is 12.3. The lowest BCUT2D eigenvalue weighted by atomic mass is 10.00. The third-order valence-electron chi connectivity index (χ3n) is 6.51. The van der Waals surface area contributed by atoms with Crippen molar-refractivity contribution >= 4 is 5.91 Å². The van der Waals surface area contributed by atoms with Crippen molar-refractivity contribution in [1.29, 1.82) is 0 Å². The van der Waals surface area contributed by atoms with Gasteiger partial charge < -0.3 is 24.3 Å². The minimum absolute atomic E-state index is 0.000664. The number of piperidine rings is 1. The van der Waals surface area contributed by atoms with Gasteiger partial charge in [0.15, 0.2) is 11.5 Å². The van der Waals surface area contributed by atoms with Crippen LogP contribution in [0.4, 0.5) is 0 Å². The van der Waals surface area contributed by atoms with Crippen molar-refractivity contribution in [2.24, 2.45) is 0 Å². The van der Waals surface area contributed by atoms with Crippen LogP contribution in [0.1, 0.15) is 38.2 Å². The fourth-order valence-electron chi connectivity index (χ4n) is 4.61. The Kier molecular flexibility index (Phi) is 8.52. The molecule has 0 radical (unpaired) electrons. The van der Waals surface area contributed by atoms with Gasteiger partial charge in [0, 0.05) is 18.6 Å². The molecule has 0 saturated carbocycles. The van der Waals surface area contributed by atoms with Crippen molar-refractivity contribution in [3.8, 4) is 23.0 Å². The molecule has 184 valence electrons. The second kappa shape index (κ2) is 12.0. The average molecular weight is 469 g/mol. The van der Waals surface area contributed by atoms with Gasteiger partial charge in [-0.1, -0.05) is 12.5 Å². The van der Waals surface area contributed by atoms with E-state index in [-0.39, 0.29) is 11.9 Å². The highest BCUT2D eigenvalue weighted by molar-refractivity contribution is 5.76. The largest absolute Gasteiger partial charge is 0.497 e. The summed E-state index contributed by atoms with van der Waals surface area (Å²) >= 11 is 0. The molecular formula is C27H36N2O5. The zero-order valence-corrected chi connectivity index (χ0v) is 20.3. The van der Waals surface area contributed by atoms with Crippen LogP contribution in [0.25, 0.3) is 0 Å². The minimum atomic E-state index is 0.000664. The highest BCUT2D eigenvalue weighted by atomic mass is 16.6. The van der Waals surface area contributed by atoms with Gasteiger partial charge in [-0.15, -0.1) is 0 Å². The molecule has 7 heteroatoms. The topological polar surface area (TPSA) is 69.3 Å². The number of hydrogen-bond acceptors (Lipinski definition) is 6. The van der Waals surface area contributed by atoms with Gasteiger partial charge in [-0.3, -0.25) is 9.69 Å². The van der Waals surface area contributed by atoms with Crippen LogP contribution in [0, 0.1) is 0 Å². The number of carbonyl (C=O) groups excluding carboxylic acids is 1. The molecule has 7 nitrogen and oxygen atoms in total. The van der Waals surface area contributed by atoms with Gasteiger partial charge in [0.25, 0.3) is 0 Å². The van der Waals surface area contributed by atoms with Crippen molar-refractivity contribution < 1.29 is 23.7 Å². The molecule has 2 aliphatic rings. The molecule has 2 aromatic rings. The quantitative estimate of drug-likeness (QED) is 0.572. The van der Waals surface area contributed by atoms with Gasteiger partial charge in [-0.2, -0.15) is 0 Å². The van der Waals surface area contributed by atoms with E-state index in [1.165, 1.54) is 19.3 Å². The van der Waals surface area contributed by atoms with Crippen LogP contribution in [-0.4, -0.2) is 62.9 Å². The van der Waals surface area contributed by atoms with Crippen LogP contribution in [-0.2, 0) is 11.2 Å². The molecule has 2 aliphatic heterocycles. The number of likely N-dealkylation sites (tertiary alicyclic amines) is 1. The number of ether oxygens (including phenoxy) is 4. The standard InChI is InChI=1S/C27H36N2O5/c1-20-5-3-4-13-29(20)19-22(17-21-6-11-25-26(18-21)34-16-15-33-25)28-27(30)12-14-32-24-9-7-23(31-2)8-10-24/h6-11,18,20,22H,3-5,12-17,19H2,1-2H3,(H,28,30)/t20-,22+/m1/s1. The van der Waals surface area contributed by atoms with Gasteiger partial charge in [-0.25, -0.2) is 0 Å². The Morgan fingerprint density at radius 3 is 2.62 bits per heavy atom. The molecule has 2 aromatic carbocycles. The fraction of sp³-hybridized carbons (Fsp3) is 0.519. The van der Waals surface area contributed by atoms with Crippen LogP contribution in [0.3, 0.4) is 0 Å².